The van der Waals surface area contributed by atoms with Crippen molar-refractivity contribution in [1.29, 1.82) is 5.41 Å². The van der Waals surface area contributed by atoms with Crippen molar-refractivity contribution in [3.05, 3.63) is 65.6 Å². The molecular weight excluding hydrogens is 494 g/mol. The first-order valence-electron chi connectivity index (χ1n) is 10.4. The Hall–Kier alpha value is -4.23. The highest BCUT2D eigenvalue weighted by atomic mass is 32.2. The molecule has 0 aliphatic carbocycles. The second-order valence-corrected chi connectivity index (χ2v) is 9.02. The molecule has 0 spiro atoms. The zero-order valence-corrected chi connectivity index (χ0v) is 20.0. The summed E-state index contributed by atoms with van der Waals surface area (Å²) < 4.78 is 36.6. The topological polar surface area (TPSA) is 210 Å². The molecule has 0 radical (unpaired) electrons. The number of amidine groups is 1. The van der Waals surface area contributed by atoms with E-state index in [2.05, 4.69) is 5.32 Å². The monoisotopic (exact) mass is 519 g/mol. The molecule has 0 atom stereocenters. The Morgan fingerprint density at radius 1 is 1.06 bits per heavy atom. The SMILES string of the molecule is CS(=O)(=O)O.N=C(N)c1ccc2cc(OC(=O)c3ccc(CNC(=O)CCCC(=O)O)o3)ccc2c1. The number of rotatable bonds is 9. The van der Waals surface area contributed by atoms with Crippen LogP contribution in [0.25, 0.3) is 10.8 Å². The molecule has 0 saturated carbocycles. The van der Waals surface area contributed by atoms with E-state index in [4.69, 9.17) is 30.0 Å². The summed E-state index contributed by atoms with van der Waals surface area (Å²) in [6, 6.07) is 13.4. The molecule has 12 nitrogen and oxygen atoms in total. The number of hydrogen-bond donors (Lipinski definition) is 5. The van der Waals surface area contributed by atoms with Crippen molar-refractivity contribution in [3.63, 3.8) is 0 Å². The molecule has 2 aromatic carbocycles. The normalized spacial score (nSPS) is 10.7. The molecule has 6 N–H and O–H groups in total. The van der Waals surface area contributed by atoms with Gasteiger partial charge in [0.25, 0.3) is 10.1 Å². The van der Waals surface area contributed by atoms with Crippen LogP contribution in [0, 0.1) is 5.41 Å². The fraction of sp³-hybridized carbons (Fsp3) is 0.217. The molecule has 1 amide bonds. The van der Waals surface area contributed by atoms with Gasteiger partial charge in [0.2, 0.25) is 11.7 Å². The van der Waals surface area contributed by atoms with Gasteiger partial charge in [-0.2, -0.15) is 8.42 Å². The summed E-state index contributed by atoms with van der Waals surface area (Å²) in [4.78, 5) is 34.5. The average Bonchev–Trinajstić information content (AvgIpc) is 3.25. The van der Waals surface area contributed by atoms with Crippen LogP contribution in [-0.2, 0) is 26.3 Å². The van der Waals surface area contributed by atoms with Gasteiger partial charge in [0.15, 0.2) is 0 Å². The number of ether oxygens (including phenoxy) is 1. The summed E-state index contributed by atoms with van der Waals surface area (Å²) in [7, 11) is -3.67. The van der Waals surface area contributed by atoms with Crippen molar-refractivity contribution in [1.82, 2.24) is 5.32 Å². The summed E-state index contributed by atoms with van der Waals surface area (Å²) in [5, 5.41) is 20.3. The lowest BCUT2D eigenvalue weighted by atomic mass is 10.1. The molecule has 13 heteroatoms. The van der Waals surface area contributed by atoms with Crippen LogP contribution >= 0.6 is 0 Å². The Bertz CT molecular complexity index is 1370. The van der Waals surface area contributed by atoms with Gasteiger partial charge in [-0.05, 0) is 47.5 Å². The minimum Gasteiger partial charge on any atom is -0.481 e. The average molecular weight is 520 g/mol. The Kier molecular flexibility index (Phi) is 9.70. The standard InChI is InChI=1S/C22H21N3O6.CH4O3S/c23-21(24)15-5-4-14-11-16(7-6-13(14)10-15)31-22(29)18-9-8-17(30-18)12-25-19(26)2-1-3-20(27)28;1-5(2,3)4/h4-11H,1-3,12H2,(H3,23,24)(H,25,26)(H,27,28);1H3,(H,2,3,4). The molecule has 0 aliphatic rings. The van der Waals surface area contributed by atoms with Crippen LogP contribution in [0.4, 0.5) is 0 Å². The lowest BCUT2D eigenvalue weighted by Crippen LogP contribution is -2.22. The Morgan fingerprint density at radius 2 is 1.69 bits per heavy atom. The van der Waals surface area contributed by atoms with Gasteiger partial charge in [-0.15, -0.1) is 0 Å². The minimum absolute atomic E-state index is 0.0119. The van der Waals surface area contributed by atoms with E-state index in [1.807, 2.05) is 0 Å². The molecule has 0 unspecified atom stereocenters. The quantitative estimate of drug-likeness (QED) is 0.0915. The Balaban J connectivity index is 0.000000830. The number of nitrogens with two attached hydrogens (primary N) is 1. The molecule has 1 aromatic heterocycles. The van der Waals surface area contributed by atoms with Gasteiger partial charge in [-0.3, -0.25) is 19.6 Å². The second kappa shape index (κ2) is 12.5. The van der Waals surface area contributed by atoms with Crippen molar-refractivity contribution < 1.29 is 41.6 Å². The van der Waals surface area contributed by atoms with Crippen LogP contribution in [0.3, 0.4) is 0 Å². The zero-order chi connectivity index (χ0) is 26.9. The third kappa shape index (κ3) is 9.95. The highest BCUT2D eigenvalue weighted by Gasteiger charge is 2.15. The van der Waals surface area contributed by atoms with Crippen molar-refractivity contribution in [2.24, 2.45) is 5.73 Å². The number of carbonyl (C=O) groups excluding carboxylic acids is 2. The van der Waals surface area contributed by atoms with Crippen molar-refractivity contribution in [2.75, 3.05) is 6.26 Å². The van der Waals surface area contributed by atoms with Crippen LogP contribution in [0.15, 0.2) is 52.9 Å². The van der Waals surface area contributed by atoms with Gasteiger partial charge >= 0.3 is 11.9 Å². The predicted octanol–water partition coefficient (Wildman–Crippen LogP) is 2.31. The third-order valence-electron chi connectivity index (χ3n) is 4.45. The first-order chi connectivity index (χ1) is 16.8. The van der Waals surface area contributed by atoms with Gasteiger partial charge in [-0.1, -0.05) is 18.2 Å². The van der Waals surface area contributed by atoms with E-state index in [1.165, 1.54) is 6.07 Å². The van der Waals surface area contributed by atoms with E-state index in [9.17, 15) is 22.8 Å². The van der Waals surface area contributed by atoms with Crippen molar-refractivity contribution >= 4 is 44.6 Å². The number of esters is 1. The molecule has 3 rings (SSSR count). The highest BCUT2D eigenvalue weighted by molar-refractivity contribution is 7.85. The molecule has 0 aliphatic heterocycles. The van der Waals surface area contributed by atoms with Gasteiger partial charge in [0.05, 0.1) is 12.8 Å². The molecule has 1 heterocycles. The number of fused-ring (bicyclic) bond motifs is 1. The summed E-state index contributed by atoms with van der Waals surface area (Å²) in [6.45, 7) is 0.0770. The van der Waals surface area contributed by atoms with Gasteiger partial charge < -0.3 is 25.3 Å². The second-order valence-electron chi connectivity index (χ2n) is 7.55. The van der Waals surface area contributed by atoms with Gasteiger partial charge in [-0.25, -0.2) is 4.79 Å². The third-order valence-corrected chi connectivity index (χ3v) is 4.45. The summed E-state index contributed by atoms with van der Waals surface area (Å²) >= 11 is 0. The maximum Gasteiger partial charge on any atom is 0.379 e. The number of nitrogen functional groups attached to an aromatic ring is 1. The van der Waals surface area contributed by atoms with E-state index in [1.54, 1.807) is 42.5 Å². The van der Waals surface area contributed by atoms with Crippen LogP contribution < -0.4 is 15.8 Å². The predicted molar refractivity (Wildman–Crippen MR) is 129 cm³/mol. The largest absolute Gasteiger partial charge is 0.481 e. The number of carbonyl (C=O) groups is 3. The fourth-order valence-electron chi connectivity index (χ4n) is 2.87. The molecule has 192 valence electrons. The number of benzene rings is 2. The Labute approximate surface area is 206 Å². The molecule has 3 aromatic rings. The van der Waals surface area contributed by atoms with E-state index < -0.39 is 22.1 Å². The molecule has 0 bridgehead atoms. The van der Waals surface area contributed by atoms with Gasteiger partial charge in [0, 0.05) is 18.4 Å². The van der Waals surface area contributed by atoms with Crippen LogP contribution in [0.2, 0.25) is 0 Å². The summed E-state index contributed by atoms with van der Waals surface area (Å²) in [6.07, 6.45) is 0.986. The van der Waals surface area contributed by atoms with Crippen molar-refractivity contribution in [3.8, 4) is 5.75 Å². The first kappa shape index (κ1) is 28.0. The lowest BCUT2D eigenvalue weighted by molar-refractivity contribution is -0.137. The van der Waals surface area contributed by atoms with E-state index >= 15 is 0 Å². The van der Waals surface area contributed by atoms with Gasteiger partial charge in [0.1, 0.15) is 17.3 Å². The summed E-state index contributed by atoms with van der Waals surface area (Å²) in [5.41, 5.74) is 6.10. The Morgan fingerprint density at radius 3 is 2.33 bits per heavy atom. The molecular formula is C23H25N3O9S. The maximum absolute atomic E-state index is 12.3. The smallest absolute Gasteiger partial charge is 0.379 e. The number of furan rings is 1. The van der Waals surface area contributed by atoms with Crippen LogP contribution in [-0.4, -0.2) is 48.0 Å². The van der Waals surface area contributed by atoms with E-state index in [0.29, 0.717) is 23.3 Å². The van der Waals surface area contributed by atoms with E-state index in [-0.39, 0.29) is 43.3 Å². The number of hydrogen-bond acceptors (Lipinski definition) is 8. The first-order valence-corrected chi connectivity index (χ1v) is 12.3. The number of carboxylic acid groups (broad SMARTS) is 1. The fourth-order valence-corrected chi connectivity index (χ4v) is 2.87. The number of nitrogens with one attached hydrogen (secondary N) is 2. The highest BCUT2D eigenvalue weighted by Crippen LogP contribution is 2.23. The zero-order valence-electron chi connectivity index (χ0n) is 19.2. The molecule has 0 saturated heterocycles. The number of aliphatic carboxylic acids is 1. The van der Waals surface area contributed by atoms with Crippen LogP contribution in [0.1, 0.15) is 41.1 Å². The van der Waals surface area contributed by atoms with Crippen molar-refractivity contribution in [2.45, 2.75) is 25.8 Å². The molecule has 36 heavy (non-hydrogen) atoms. The number of carboxylic acids is 1. The van der Waals surface area contributed by atoms with Crippen LogP contribution in [0.5, 0.6) is 5.75 Å². The maximum atomic E-state index is 12.3. The lowest BCUT2D eigenvalue weighted by Gasteiger charge is -2.06. The van der Waals surface area contributed by atoms with E-state index in [0.717, 1.165) is 10.8 Å². The minimum atomic E-state index is -3.67. The molecule has 0 fully saturated rings. The number of amides is 1. The summed E-state index contributed by atoms with van der Waals surface area (Å²) in [5.74, 6) is -1.27.